The standard InChI is InChI=1S/C11H21N3/c1-13-7-11-6-10(13)8-14(11)9-2-4-12-5-3-9/h9-12H,2-8H2,1H3/t10-,11?/m1/s1. The fraction of sp³-hybridized carbons (Fsp3) is 1.00. The van der Waals surface area contributed by atoms with Crippen LogP contribution >= 0.6 is 0 Å². The van der Waals surface area contributed by atoms with Crippen LogP contribution in [0.5, 0.6) is 0 Å². The molecule has 3 aliphatic heterocycles. The third-order valence-corrected chi connectivity index (χ3v) is 4.33. The lowest BCUT2D eigenvalue weighted by atomic mass is 10.0. The second-order valence-corrected chi connectivity index (χ2v) is 5.16. The van der Waals surface area contributed by atoms with E-state index in [2.05, 4.69) is 22.2 Å². The highest BCUT2D eigenvalue weighted by Crippen LogP contribution is 2.32. The van der Waals surface area contributed by atoms with Crippen molar-refractivity contribution in [2.75, 3.05) is 33.2 Å². The predicted molar refractivity (Wildman–Crippen MR) is 57.4 cm³/mol. The van der Waals surface area contributed by atoms with Crippen LogP contribution in [0.3, 0.4) is 0 Å². The van der Waals surface area contributed by atoms with Gasteiger partial charge in [-0.25, -0.2) is 0 Å². The highest BCUT2D eigenvalue weighted by molar-refractivity contribution is 5.01. The first-order valence-corrected chi connectivity index (χ1v) is 6.01. The van der Waals surface area contributed by atoms with Crippen molar-refractivity contribution in [1.82, 2.24) is 15.1 Å². The van der Waals surface area contributed by atoms with Crippen LogP contribution in [0.4, 0.5) is 0 Å². The topological polar surface area (TPSA) is 18.5 Å². The van der Waals surface area contributed by atoms with E-state index in [1.807, 2.05) is 0 Å². The number of hydrogen-bond donors (Lipinski definition) is 1. The summed E-state index contributed by atoms with van der Waals surface area (Å²) in [7, 11) is 2.28. The van der Waals surface area contributed by atoms with Gasteiger partial charge >= 0.3 is 0 Å². The first-order valence-electron chi connectivity index (χ1n) is 6.01. The van der Waals surface area contributed by atoms with Crippen molar-refractivity contribution in [3.05, 3.63) is 0 Å². The van der Waals surface area contributed by atoms with Crippen molar-refractivity contribution in [3.8, 4) is 0 Å². The lowest BCUT2D eigenvalue weighted by Crippen LogP contribution is -2.51. The molecular weight excluding hydrogens is 174 g/mol. The van der Waals surface area contributed by atoms with Gasteiger partial charge in [0.25, 0.3) is 0 Å². The lowest BCUT2D eigenvalue weighted by molar-refractivity contribution is 0.0896. The van der Waals surface area contributed by atoms with Crippen LogP contribution in [0.25, 0.3) is 0 Å². The Labute approximate surface area is 86.4 Å². The molecule has 3 heterocycles. The van der Waals surface area contributed by atoms with Crippen LogP contribution in [0.15, 0.2) is 0 Å². The summed E-state index contributed by atoms with van der Waals surface area (Å²) < 4.78 is 0. The molecule has 2 bridgehead atoms. The van der Waals surface area contributed by atoms with Gasteiger partial charge in [0.1, 0.15) is 0 Å². The van der Waals surface area contributed by atoms with Gasteiger partial charge in [-0.15, -0.1) is 0 Å². The molecule has 3 heteroatoms. The Morgan fingerprint density at radius 2 is 1.79 bits per heavy atom. The van der Waals surface area contributed by atoms with Crippen LogP contribution in [0.2, 0.25) is 0 Å². The van der Waals surface area contributed by atoms with E-state index < -0.39 is 0 Å². The van der Waals surface area contributed by atoms with Crippen LogP contribution in [-0.2, 0) is 0 Å². The SMILES string of the molecule is CN1CC2C[C@@H]1CN2C1CCNCC1. The smallest absolute Gasteiger partial charge is 0.0242 e. The average molecular weight is 195 g/mol. The van der Waals surface area contributed by atoms with Gasteiger partial charge in [0.2, 0.25) is 0 Å². The second-order valence-electron chi connectivity index (χ2n) is 5.16. The molecule has 3 saturated heterocycles. The van der Waals surface area contributed by atoms with Gasteiger partial charge in [-0.3, -0.25) is 4.90 Å². The summed E-state index contributed by atoms with van der Waals surface area (Å²) >= 11 is 0. The third kappa shape index (κ3) is 1.38. The molecule has 3 fully saturated rings. The molecule has 0 aromatic carbocycles. The Morgan fingerprint density at radius 1 is 1.00 bits per heavy atom. The number of rotatable bonds is 1. The lowest BCUT2D eigenvalue weighted by Gasteiger charge is -2.39. The molecule has 14 heavy (non-hydrogen) atoms. The predicted octanol–water partition coefficient (Wildman–Crippen LogP) is 0.127. The first-order chi connectivity index (χ1) is 6.84. The number of fused-ring (bicyclic) bond motifs is 2. The van der Waals surface area contributed by atoms with E-state index in [4.69, 9.17) is 0 Å². The van der Waals surface area contributed by atoms with Gasteiger partial charge in [0.15, 0.2) is 0 Å². The van der Waals surface area contributed by atoms with E-state index in [9.17, 15) is 0 Å². The largest absolute Gasteiger partial charge is 0.317 e. The molecule has 0 spiro atoms. The zero-order chi connectivity index (χ0) is 9.54. The second kappa shape index (κ2) is 3.47. The van der Waals surface area contributed by atoms with E-state index in [0.29, 0.717) is 0 Å². The Balaban J connectivity index is 1.64. The normalized spacial score (nSPS) is 40.9. The molecule has 0 aromatic heterocycles. The fourth-order valence-corrected chi connectivity index (χ4v) is 3.48. The molecule has 0 aliphatic carbocycles. The van der Waals surface area contributed by atoms with Crippen molar-refractivity contribution >= 4 is 0 Å². The molecule has 2 atom stereocenters. The van der Waals surface area contributed by atoms with E-state index in [0.717, 1.165) is 18.1 Å². The van der Waals surface area contributed by atoms with E-state index in [1.165, 1.54) is 45.4 Å². The maximum atomic E-state index is 3.45. The van der Waals surface area contributed by atoms with Gasteiger partial charge in [0.05, 0.1) is 0 Å². The third-order valence-electron chi connectivity index (χ3n) is 4.33. The maximum absolute atomic E-state index is 3.45. The Bertz CT molecular complexity index is 211. The summed E-state index contributed by atoms with van der Waals surface area (Å²) in [5.74, 6) is 0. The van der Waals surface area contributed by atoms with Crippen molar-refractivity contribution in [3.63, 3.8) is 0 Å². The number of likely N-dealkylation sites (tertiary alicyclic amines) is 2. The molecular formula is C11H21N3. The van der Waals surface area contributed by atoms with Gasteiger partial charge in [-0.05, 0) is 39.4 Å². The van der Waals surface area contributed by atoms with Gasteiger partial charge in [-0.2, -0.15) is 0 Å². The number of likely N-dealkylation sites (N-methyl/N-ethyl adjacent to an activating group) is 1. The summed E-state index contributed by atoms with van der Waals surface area (Å²) in [5, 5.41) is 3.45. The molecule has 0 saturated carbocycles. The molecule has 3 rings (SSSR count). The molecule has 0 amide bonds. The average Bonchev–Trinajstić information content (AvgIpc) is 2.77. The van der Waals surface area contributed by atoms with Gasteiger partial charge in [0, 0.05) is 31.2 Å². The van der Waals surface area contributed by atoms with Crippen molar-refractivity contribution < 1.29 is 0 Å². The molecule has 1 N–H and O–H groups in total. The summed E-state index contributed by atoms with van der Waals surface area (Å²) in [6.07, 6.45) is 4.17. The molecule has 1 unspecified atom stereocenters. The van der Waals surface area contributed by atoms with E-state index in [1.54, 1.807) is 0 Å². The highest BCUT2D eigenvalue weighted by Gasteiger charge is 2.43. The summed E-state index contributed by atoms with van der Waals surface area (Å²) in [5.41, 5.74) is 0. The molecule has 80 valence electrons. The zero-order valence-corrected chi connectivity index (χ0v) is 9.08. The van der Waals surface area contributed by atoms with Crippen molar-refractivity contribution in [2.45, 2.75) is 37.4 Å². The molecule has 3 nitrogen and oxygen atoms in total. The number of piperazine rings is 1. The minimum Gasteiger partial charge on any atom is -0.317 e. The van der Waals surface area contributed by atoms with Gasteiger partial charge < -0.3 is 10.2 Å². The number of piperidine rings is 1. The quantitative estimate of drug-likeness (QED) is 0.641. The minimum atomic E-state index is 0.870. The fourth-order valence-electron chi connectivity index (χ4n) is 3.48. The monoisotopic (exact) mass is 195 g/mol. The molecule has 0 radical (unpaired) electrons. The van der Waals surface area contributed by atoms with Crippen LogP contribution in [0, 0.1) is 0 Å². The number of nitrogens with one attached hydrogen (secondary N) is 1. The minimum absolute atomic E-state index is 0.870. The van der Waals surface area contributed by atoms with E-state index in [-0.39, 0.29) is 0 Å². The zero-order valence-electron chi connectivity index (χ0n) is 9.08. The van der Waals surface area contributed by atoms with Crippen molar-refractivity contribution in [2.24, 2.45) is 0 Å². The summed E-state index contributed by atoms with van der Waals surface area (Å²) in [6, 6.07) is 2.64. The number of hydrogen-bond acceptors (Lipinski definition) is 3. The highest BCUT2D eigenvalue weighted by atomic mass is 15.4. The number of nitrogens with zero attached hydrogens (tertiary/aromatic N) is 2. The van der Waals surface area contributed by atoms with Crippen LogP contribution in [-0.4, -0.2) is 61.2 Å². The van der Waals surface area contributed by atoms with Crippen LogP contribution in [0.1, 0.15) is 19.3 Å². The first kappa shape index (κ1) is 9.13. The summed E-state index contributed by atoms with van der Waals surface area (Å²) in [6.45, 7) is 5.11. The Kier molecular flexibility index (Phi) is 2.26. The molecule has 0 aromatic rings. The Morgan fingerprint density at radius 3 is 2.36 bits per heavy atom. The molecule has 3 aliphatic rings. The van der Waals surface area contributed by atoms with Gasteiger partial charge in [-0.1, -0.05) is 0 Å². The Hall–Kier alpha value is -0.120. The van der Waals surface area contributed by atoms with E-state index >= 15 is 0 Å². The maximum Gasteiger partial charge on any atom is 0.0242 e. The summed E-state index contributed by atoms with van der Waals surface area (Å²) in [4.78, 5) is 5.34. The van der Waals surface area contributed by atoms with Crippen LogP contribution < -0.4 is 5.32 Å². The van der Waals surface area contributed by atoms with Crippen molar-refractivity contribution in [1.29, 1.82) is 0 Å².